The maximum atomic E-state index is 5.00. The Kier molecular flexibility index (Phi) is 3.90. The molecule has 0 spiro atoms. The Balaban J connectivity index is 1.77. The molecule has 2 rings (SSSR count). The van der Waals surface area contributed by atoms with Crippen LogP contribution in [0.4, 0.5) is 0 Å². The minimum atomic E-state index is 0.608. The molecule has 1 aromatic heterocycles. The summed E-state index contributed by atoms with van der Waals surface area (Å²) in [7, 11) is 0. The Labute approximate surface area is 96.2 Å². The van der Waals surface area contributed by atoms with E-state index < -0.39 is 0 Å². The predicted molar refractivity (Wildman–Crippen MR) is 61.1 cm³/mol. The molecule has 1 atom stereocenters. The number of rotatable bonds is 4. The second-order valence-corrected chi connectivity index (χ2v) is 4.69. The van der Waals surface area contributed by atoms with Crippen LogP contribution in [0.2, 0.25) is 0 Å². The molecular formula is C11H20N4O. The van der Waals surface area contributed by atoms with Crippen LogP contribution in [-0.4, -0.2) is 47.3 Å². The van der Waals surface area contributed by atoms with Crippen molar-refractivity contribution in [3.8, 4) is 0 Å². The van der Waals surface area contributed by atoms with E-state index in [0.29, 0.717) is 12.0 Å². The quantitative estimate of drug-likeness (QED) is 0.809. The maximum absolute atomic E-state index is 5.00. The van der Waals surface area contributed by atoms with E-state index in [-0.39, 0.29) is 0 Å². The Bertz CT molecular complexity index is 299. The smallest absolute Gasteiger partial charge is 0.227 e. The molecule has 2 heterocycles. The third-order valence-electron chi connectivity index (χ3n) is 3.14. The van der Waals surface area contributed by atoms with Crippen molar-refractivity contribution in [3.63, 3.8) is 0 Å². The summed E-state index contributed by atoms with van der Waals surface area (Å²) in [6.45, 7) is 8.83. The normalized spacial score (nSPS) is 22.8. The molecule has 0 saturated carbocycles. The number of piperazine rings is 1. The van der Waals surface area contributed by atoms with Crippen molar-refractivity contribution in [1.82, 2.24) is 20.4 Å². The molecule has 5 nitrogen and oxygen atoms in total. The fourth-order valence-corrected chi connectivity index (χ4v) is 2.05. The second kappa shape index (κ2) is 5.41. The number of hydrogen-bond acceptors (Lipinski definition) is 5. The van der Waals surface area contributed by atoms with E-state index in [1.165, 1.54) is 6.33 Å². The number of nitrogens with one attached hydrogen (secondary N) is 1. The van der Waals surface area contributed by atoms with Crippen molar-refractivity contribution in [1.29, 1.82) is 0 Å². The Morgan fingerprint density at radius 2 is 2.50 bits per heavy atom. The zero-order valence-corrected chi connectivity index (χ0v) is 10.0. The van der Waals surface area contributed by atoms with E-state index in [9.17, 15) is 0 Å². The van der Waals surface area contributed by atoms with Gasteiger partial charge in [0, 0.05) is 38.6 Å². The van der Waals surface area contributed by atoms with Gasteiger partial charge in [0.1, 0.15) is 0 Å². The van der Waals surface area contributed by atoms with Crippen LogP contribution >= 0.6 is 0 Å². The van der Waals surface area contributed by atoms with Crippen LogP contribution in [-0.2, 0) is 6.42 Å². The first-order valence-electron chi connectivity index (χ1n) is 5.97. The zero-order valence-electron chi connectivity index (χ0n) is 10.0. The van der Waals surface area contributed by atoms with Crippen molar-refractivity contribution in [2.75, 3.05) is 26.2 Å². The zero-order chi connectivity index (χ0) is 11.4. The summed E-state index contributed by atoms with van der Waals surface area (Å²) in [6.07, 6.45) is 2.31. The minimum Gasteiger partial charge on any atom is -0.340 e. The van der Waals surface area contributed by atoms with Gasteiger partial charge in [-0.25, -0.2) is 0 Å². The van der Waals surface area contributed by atoms with E-state index in [1.54, 1.807) is 0 Å². The van der Waals surface area contributed by atoms with E-state index in [1.807, 2.05) is 0 Å². The van der Waals surface area contributed by atoms with Gasteiger partial charge in [-0.1, -0.05) is 19.0 Å². The van der Waals surface area contributed by atoms with Crippen LogP contribution in [0.3, 0.4) is 0 Å². The van der Waals surface area contributed by atoms with Gasteiger partial charge in [0.25, 0.3) is 0 Å². The lowest BCUT2D eigenvalue weighted by atomic mass is 10.0. The Morgan fingerprint density at radius 3 is 3.19 bits per heavy atom. The van der Waals surface area contributed by atoms with Crippen molar-refractivity contribution in [2.45, 2.75) is 26.3 Å². The summed E-state index contributed by atoms with van der Waals surface area (Å²) in [6, 6.07) is 0.608. The standard InChI is InChI=1S/C11H20N4O/c1-9(2)10-7-15(6-4-12-10)5-3-11-13-8-14-16-11/h8-10,12H,3-7H2,1-2H3. The molecule has 1 fully saturated rings. The van der Waals surface area contributed by atoms with Crippen molar-refractivity contribution in [3.05, 3.63) is 12.2 Å². The van der Waals surface area contributed by atoms with Crippen LogP contribution in [0.5, 0.6) is 0 Å². The van der Waals surface area contributed by atoms with Gasteiger partial charge in [-0.3, -0.25) is 0 Å². The van der Waals surface area contributed by atoms with Crippen LogP contribution in [0, 0.1) is 5.92 Å². The average Bonchev–Trinajstić information content (AvgIpc) is 2.79. The molecule has 1 aromatic rings. The largest absolute Gasteiger partial charge is 0.340 e. The van der Waals surface area contributed by atoms with Gasteiger partial charge in [-0.15, -0.1) is 0 Å². The highest BCUT2D eigenvalue weighted by atomic mass is 16.5. The molecule has 0 radical (unpaired) electrons. The molecule has 1 unspecified atom stereocenters. The molecule has 1 saturated heterocycles. The number of aromatic nitrogens is 2. The number of nitrogens with zero attached hydrogens (tertiary/aromatic N) is 3. The lowest BCUT2D eigenvalue weighted by Crippen LogP contribution is -2.53. The first-order valence-corrected chi connectivity index (χ1v) is 5.97. The lowest BCUT2D eigenvalue weighted by Gasteiger charge is -2.35. The summed E-state index contributed by atoms with van der Waals surface area (Å²) in [5.41, 5.74) is 0. The van der Waals surface area contributed by atoms with Crippen LogP contribution in [0.1, 0.15) is 19.7 Å². The Hall–Kier alpha value is -0.940. The molecule has 5 heteroatoms. The monoisotopic (exact) mass is 224 g/mol. The molecule has 0 aliphatic carbocycles. The lowest BCUT2D eigenvalue weighted by molar-refractivity contribution is 0.172. The Morgan fingerprint density at radius 1 is 1.62 bits per heavy atom. The van der Waals surface area contributed by atoms with E-state index in [0.717, 1.165) is 38.5 Å². The van der Waals surface area contributed by atoms with Gasteiger partial charge in [0.15, 0.2) is 6.33 Å². The maximum Gasteiger partial charge on any atom is 0.227 e. The second-order valence-electron chi connectivity index (χ2n) is 4.69. The highest BCUT2D eigenvalue weighted by Crippen LogP contribution is 2.08. The molecule has 0 amide bonds. The molecule has 1 N–H and O–H groups in total. The predicted octanol–water partition coefficient (Wildman–Crippen LogP) is 0.542. The summed E-state index contributed by atoms with van der Waals surface area (Å²) < 4.78 is 5.00. The molecule has 1 aliphatic heterocycles. The third-order valence-corrected chi connectivity index (χ3v) is 3.14. The van der Waals surface area contributed by atoms with Crippen LogP contribution < -0.4 is 5.32 Å². The molecular weight excluding hydrogens is 204 g/mol. The van der Waals surface area contributed by atoms with Crippen molar-refractivity contribution < 1.29 is 4.52 Å². The molecule has 90 valence electrons. The molecule has 0 aromatic carbocycles. The third kappa shape index (κ3) is 3.02. The van der Waals surface area contributed by atoms with E-state index in [4.69, 9.17) is 4.52 Å². The summed E-state index contributed by atoms with van der Waals surface area (Å²) in [4.78, 5) is 6.50. The number of hydrogen-bond donors (Lipinski definition) is 1. The topological polar surface area (TPSA) is 54.2 Å². The van der Waals surface area contributed by atoms with E-state index >= 15 is 0 Å². The average molecular weight is 224 g/mol. The SMILES string of the molecule is CC(C)C1CN(CCc2ncno2)CCN1. The molecule has 0 bridgehead atoms. The van der Waals surface area contributed by atoms with Gasteiger partial charge in [0.05, 0.1) is 0 Å². The van der Waals surface area contributed by atoms with Crippen molar-refractivity contribution >= 4 is 0 Å². The van der Waals surface area contributed by atoms with E-state index in [2.05, 4.69) is 34.2 Å². The molecule has 1 aliphatic rings. The van der Waals surface area contributed by atoms with Crippen LogP contribution in [0.15, 0.2) is 10.9 Å². The fraction of sp³-hybridized carbons (Fsp3) is 0.818. The van der Waals surface area contributed by atoms with Gasteiger partial charge in [-0.05, 0) is 5.92 Å². The first-order chi connectivity index (χ1) is 7.75. The van der Waals surface area contributed by atoms with Crippen molar-refractivity contribution in [2.24, 2.45) is 5.92 Å². The van der Waals surface area contributed by atoms with Crippen LogP contribution in [0.25, 0.3) is 0 Å². The first kappa shape index (κ1) is 11.5. The summed E-state index contributed by atoms with van der Waals surface area (Å²) >= 11 is 0. The minimum absolute atomic E-state index is 0.608. The van der Waals surface area contributed by atoms with Gasteiger partial charge in [0.2, 0.25) is 5.89 Å². The van der Waals surface area contributed by atoms with Gasteiger partial charge < -0.3 is 14.7 Å². The summed E-state index contributed by atoms with van der Waals surface area (Å²) in [5.74, 6) is 1.42. The highest BCUT2D eigenvalue weighted by Gasteiger charge is 2.21. The van der Waals surface area contributed by atoms with Gasteiger partial charge in [-0.2, -0.15) is 4.98 Å². The van der Waals surface area contributed by atoms with Gasteiger partial charge >= 0.3 is 0 Å². The summed E-state index contributed by atoms with van der Waals surface area (Å²) in [5, 5.41) is 7.16. The highest BCUT2D eigenvalue weighted by molar-refractivity contribution is 4.83. The fourth-order valence-electron chi connectivity index (χ4n) is 2.05. The molecule has 16 heavy (non-hydrogen) atoms.